The number of carboxylic acids is 1. The summed E-state index contributed by atoms with van der Waals surface area (Å²) >= 11 is 1.13. The molecule has 5 nitrogen and oxygen atoms in total. The van der Waals surface area contributed by atoms with Crippen LogP contribution in [0.1, 0.15) is 27.2 Å². The molecule has 0 aliphatic heterocycles. The molecule has 96 valence electrons. The fourth-order valence-corrected chi connectivity index (χ4v) is 2.46. The molecular formula is C13H11N3O2S. The van der Waals surface area contributed by atoms with Crippen molar-refractivity contribution in [3.05, 3.63) is 46.6 Å². The van der Waals surface area contributed by atoms with E-state index in [4.69, 9.17) is 10.4 Å². The number of aryl methyl sites for hydroxylation is 1. The summed E-state index contributed by atoms with van der Waals surface area (Å²) in [4.78, 5) is 11.1. The Morgan fingerprint density at radius 1 is 1.58 bits per heavy atom. The molecule has 2 aromatic rings. The number of nitrogens with zero attached hydrogens (tertiary/aromatic N) is 2. The van der Waals surface area contributed by atoms with Gasteiger partial charge in [0.2, 0.25) is 0 Å². The highest BCUT2D eigenvalue weighted by atomic mass is 32.1. The smallest absolute Gasteiger partial charge is 0.340 e. The van der Waals surface area contributed by atoms with Crippen molar-refractivity contribution in [1.29, 1.82) is 5.26 Å². The Hall–Kier alpha value is -2.39. The van der Waals surface area contributed by atoms with Crippen LogP contribution in [0.25, 0.3) is 0 Å². The molecule has 0 atom stereocenters. The summed E-state index contributed by atoms with van der Waals surface area (Å²) in [5.74, 6) is -0.987. The molecule has 0 aliphatic rings. The van der Waals surface area contributed by atoms with Gasteiger partial charge < -0.3 is 10.4 Å². The molecule has 1 heterocycles. The summed E-state index contributed by atoms with van der Waals surface area (Å²) in [7, 11) is 0. The zero-order chi connectivity index (χ0) is 13.8. The lowest BCUT2D eigenvalue weighted by atomic mass is 10.1. The molecule has 0 bridgehead atoms. The number of hydrogen-bond acceptors (Lipinski definition) is 5. The van der Waals surface area contributed by atoms with Gasteiger partial charge in [-0.1, -0.05) is 12.1 Å². The minimum absolute atomic E-state index is 0.210. The SMILES string of the molecule is Cc1nsc(NCc2cccc(C#N)c2)c1C(=O)O. The van der Waals surface area contributed by atoms with Crippen molar-refractivity contribution in [3.8, 4) is 6.07 Å². The van der Waals surface area contributed by atoms with Crippen LogP contribution in [0.15, 0.2) is 24.3 Å². The van der Waals surface area contributed by atoms with Crippen LogP contribution in [0.3, 0.4) is 0 Å². The fourth-order valence-electron chi connectivity index (χ4n) is 1.68. The first kappa shape index (κ1) is 13.1. The summed E-state index contributed by atoms with van der Waals surface area (Å²) in [6.07, 6.45) is 0. The molecular weight excluding hydrogens is 262 g/mol. The van der Waals surface area contributed by atoms with Crippen LogP contribution >= 0.6 is 11.5 Å². The van der Waals surface area contributed by atoms with Gasteiger partial charge in [0.15, 0.2) is 0 Å². The number of nitrogens with one attached hydrogen (secondary N) is 1. The van der Waals surface area contributed by atoms with E-state index in [1.807, 2.05) is 6.07 Å². The quantitative estimate of drug-likeness (QED) is 0.894. The summed E-state index contributed by atoms with van der Waals surface area (Å²) in [5, 5.41) is 21.5. The summed E-state index contributed by atoms with van der Waals surface area (Å²) in [6, 6.07) is 9.23. The lowest BCUT2D eigenvalue weighted by Crippen LogP contribution is -2.04. The van der Waals surface area contributed by atoms with Crippen molar-refractivity contribution >= 4 is 22.5 Å². The van der Waals surface area contributed by atoms with Crippen LogP contribution in [0, 0.1) is 18.3 Å². The molecule has 0 radical (unpaired) electrons. The maximum Gasteiger partial charge on any atom is 0.340 e. The average Bonchev–Trinajstić information content (AvgIpc) is 2.78. The minimum Gasteiger partial charge on any atom is -0.478 e. The van der Waals surface area contributed by atoms with Crippen LogP contribution in [-0.2, 0) is 6.54 Å². The van der Waals surface area contributed by atoms with Gasteiger partial charge in [-0.25, -0.2) is 4.79 Å². The predicted molar refractivity (Wildman–Crippen MR) is 72.3 cm³/mol. The molecule has 0 fully saturated rings. The maximum atomic E-state index is 11.1. The highest BCUT2D eigenvalue weighted by Crippen LogP contribution is 2.25. The van der Waals surface area contributed by atoms with Gasteiger partial charge in [0.05, 0.1) is 17.3 Å². The van der Waals surface area contributed by atoms with Gasteiger partial charge in [0.25, 0.3) is 0 Å². The molecule has 1 aromatic carbocycles. The number of benzene rings is 1. The van der Waals surface area contributed by atoms with E-state index in [1.54, 1.807) is 25.1 Å². The first-order valence-electron chi connectivity index (χ1n) is 5.54. The highest BCUT2D eigenvalue weighted by molar-refractivity contribution is 7.10. The topological polar surface area (TPSA) is 86.0 Å². The lowest BCUT2D eigenvalue weighted by Gasteiger charge is -2.05. The fraction of sp³-hybridized carbons (Fsp3) is 0.154. The van der Waals surface area contributed by atoms with Crippen molar-refractivity contribution in [1.82, 2.24) is 4.37 Å². The molecule has 0 spiro atoms. The molecule has 1 aromatic heterocycles. The highest BCUT2D eigenvalue weighted by Gasteiger charge is 2.16. The number of rotatable bonds is 4. The normalized spacial score (nSPS) is 9.89. The first-order valence-corrected chi connectivity index (χ1v) is 6.31. The van der Waals surface area contributed by atoms with E-state index in [0.717, 1.165) is 17.1 Å². The Bertz CT molecular complexity index is 658. The van der Waals surface area contributed by atoms with E-state index in [-0.39, 0.29) is 5.56 Å². The third-order valence-electron chi connectivity index (χ3n) is 2.59. The molecule has 0 aliphatic carbocycles. The Balaban J connectivity index is 2.15. The first-order chi connectivity index (χ1) is 9.11. The van der Waals surface area contributed by atoms with Crippen LogP contribution in [0.2, 0.25) is 0 Å². The zero-order valence-electron chi connectivity index (χ0n) is 10.2. The molecule has 2 rings (SSSR count). The monoisotopic (exact) mass is 273 g/mol. The predicted octanol–water partition coefficient (Wildman–Crippen LogP) is 2.63. The average molecular weight is 273 g/mol. The second-order valence-corrected chi connectivity index (χ2v) is 4.72. The van der Waals surface area contributed by atoms with Gasteiger partial charge >= 0.3 is 5.97 Å². The van der Waals surface area contributed by atoms with Gasteiger partial charge in [-0.15, -0.1) is 0 Å². The Labute approximate surface area is 114 Å². The molecule has 0 unspecified atom stereocenters. The van der Waals surface area contributed by atoms with E-state index in [1.165, 1.54) is 0 Å². The maximum absolute atomic E-state index is 11.1. The van der Waals surface area contributed by atoms with Crippen molar-refractivity contribution in [3.63, 3.8) is 0 Å². The van der Waals surface area contributed by atoms with Gasteiger partial charge in [-0.05, 0) is 36.2 Å². The van der Waals surface area contributed by atoms with Gasteiger partial charge in [-0.3, -0.25) is 0 Å². The number of hydrogen-bond donors (Lipinski definition) is 2. The number of aromatic nitrogens is 1. The number of anilines is 1. The molecule has 6 heteroatoms. The van der Waals surface area contributed by atoms with Crippen LogP contribution in [0.5, 0.6) is 0 Å². The van der Waals surface area contributed by atoms with Gasteiger partial charge in [0.1, 0.15) is 10.6 Å². The van der Waals surface area contributed by atoms with Crippen molar-refractivity contribution < 1.29 is 9.90 Å². The number of nitriles is 1. The number of carbonyl (C=O) groups is 1. The van der Waals surface area contributed by atoms with Gasteiger partial charge in [-0.2, -0.15) is 9.64 Å². The molecule has 2 N–H and O–H groups in total. The van der Waals surface area contributed by atoms with E-state index < -0.39 is 5.97 Å². The van der Waals surface area contributed by atoms with Crippen molar-refractivity contribution in [2.24, 2.45) is 0 Å². The molecule has 0 saturated heterocycles. The van der Waals surface area contributed by atoms with E-state index in [9.17, 15) is 4.79 Å². The van der Waals surface area contributed by atoms with E-state index in [0.29, 0.717) is 22.8 Å². The number of carboxylic acid groups (broad SMARTS) is 1. The van der Waals surface area contributed by atoms with E-state index >= 15 is 0 Å². The Morgan fingerprint density at radius 3 is 3.05 bits per heavy atom. The van der Waals surface area contributed by atoms with Crippen LogP contribution in [0.4, 0.5) is 5.00 Å². The summed E-state index contributed by atoms with van der Waals surface area (Å²) in [6.45, 7) is 2.12. The Morgan fingerprint density at radius 2 is 2.37 bits per heavy atom. The van der Waals surface area contributed by atoms with Crippen molar-refractivity contribution in [2.45, 2.75) is 13.5 Å². The molecule has 0 amide bonds. The number of aromatic carboxylic acids is 1. The summed E-state index contributed by atoms with van der Waals surface area (Å²) in [5.41, 5.74) is 2.21. The molecule has 0 saturated carbocycles. The second kappa shape index (κ2) is 5.50. The third-order valence-corrected chi connectivity index (χ3v) is 3.48. The minimum atomic E-state index is -0.987. The third kappa shape index (κ3) is 2.89. The summed E-state index contributed by atoms with van der Waals surface area (Å²) < 4.78 is 4.03. The second-order valence-electron chi connectivity index (χ2n) is 3.94. The van der Waals surface area contributed by atoms with Crippen molar-refractivity contribution in [2.75, 3.05) is 5.32 Å². The lowest BCUT2D eigenvalue weighted by molar-refractivity contribution is 0.0697. The van der Waals surface area contributed by atoms with Crippen LogP contribution < -0.4 is 5.32 Å². The largest absolute Gasteiger partial charge is 0.478 e. The van der Waals surface area contributed by atoms with E-state index in [2.05, 4.69) is 15.8 Å². The zero-order valence-corrected chi connectivity index (χ0v) is 11.0. The standard InChI is InChI=1S/C13H11N3O2S/c1-8-11(13(17)18)12(19-16-8)15-7-10-4-2-3-9(5-10)6-14/h2-5,15H,7H2,1H3,(H,17,18). The molecule has 19 heavy (non-hydrogen) atoms. The van der Waals surface area contributed by atoms with Gasteiger partial charge in [0, 0.05) is 6.54 Å². The van der Waals surface area contributed by atoms with Crippen LogP contribution in [-0.4, -0.2) is 15.4 Å². The Kier molecular flexibility index (Phi) is 3.78.